The fourth-order valence-electron chi connectivity index (χ4n) is 1.66. The van der Waals surface area contributed by atoms with E-state index >= 15 is 0 Å². The molecule has 5 N–H and O–H groups in total. The Balaban J connectivity index is 2.93. The van der Waals surface area contributed by atoms with E-state index in [1.54, 1.807) is 6.07 Å². The van der Waals surface area contributed by atoms with Gasteiger partial charge in [-0.15, -0.1) is 0 Å². The highest BCUT2D eigenvalue weighted by Crippen LogP contribution is 2.20. The summed E-state index contributed by atoms with van der Waals surface area (Å²) >= 11 is 0. The van der Waals surface area contributed by atoms with Gasteiger partial charge in [0.05, 0.1) is 5.54 Å². The van der Waals surface area contributed by atoms with Gasteiger partial charge in [0.2, 0.25) is 10.0 Å². The molecule has 0 saturated carbocycles. The lowest BCUT2D eigenvalue weighted by atomic mass is 9.93. The minimum Gasteiger partial charge on any atom is -0.363 e. The molecular formula is C11H20N4O2S. The molecule has 0 amide bonds. The highest BCUT2D eigenvalue weighted by molar-refractivity contribution is 7.89. The molecule has 1 rings (SSSR count). The summed E-state index contributed by atoms with van der Waals surface area (Å²) in [5.41, 5.74) is 5.56. The van der Waals surface area contributed by atoms with Crippen LogP contribution in [0, 0.1) is 0 Å². The summed E-state index contributed by atoms with van der Waals surface area (Å²) in [6, 6.07) is 3.02. The standard InChI is InChI=1S/C11H20N4O2S/c1-3-11(4-2,8-12)15-10-6-5-9(7-14-10)18(13,16)17/h5-7H,3-4,8,12H2,1-2H3,(H,14,15)(H2,13,16,17). The molecule has 0 aliphatic heterocycles. The first-order valence-corrected chi connectivity index (χ1v) is 7.38. The maximum Gasteiger partial charge on any atom is 0.239 e. The second-order valence-corrected chi connectivity index (χ2v) is 5.80. The Labute approximate surface area is 108 Å². The molecule has 102 valence electrons. The van der Waals surface area contributed by atoms with Gasteiger partial charge in [-0.3, -0.25) is 0 Å². The highest BCUT2D eigenvalue weighted by atomic mass is 32.2. The molecule has 0 aliphatic rings. The van der Waals surface area contributed by atoms with Crippen molar-refractivity contribution in [2.24, 2.45) is 10.9 Å². The van der Waals surface area contributed by atoms with Gasteiger partial charge in [-0.25, -0.2) is 18.5 Å². The first-order chi connectivity index (χ1) is 8.37. The molecule has 0 atom stereocenters. The normalized spacial score (nSPS) is 12.4. The van der Waals surface area contributed by atoms with E-state index in [1.165, 1.54) is 12.3 Å². The largest absolute Gasteiger partial charge is 0.363 e. The third kappa shape index (κ3) is 3.41. The molecule has 6 nitrogen and oxygen atoms in total. The topological polar surface area (TPSA) is 111 Å². The van der Waals surface area contributed by atoms with Crippen molar-refractivity contribution in [3.05, 3.63) is 18.3 Å². The van der Waals surface area contributed by atoms with E-state index in [1.807, 2.05) is 13.8 Å². The van der Waals surface area contributed by atoms with Gasteiger partial charge in [0, 0.05) is 12.7 Å². The molecule has 0 bridgehead atoms. The smallest absolute Gasteiger partial charge is 0.239 e. The monoisotopic (exact) mass is 272 g/mol. The van der Waals surface area contributed by atoms with Gasteiger partial charge < -0.3 is 11.1 Å². The first-order valence-electron chi connectivity index (χ1n) is 5.84. The van der Waals surface area contributed by atoms with Crippen LogP contribution >= 0.6 is 0 Å². The Bertz CT molecular complexity index is 472. The summed E-state index contributed by atoms with van der Waals surface area (Å²) < 4.78 is 22.2. The van der Waals surface area contributed by atoms with Gasteiger partial charge in [0.1, 0.15) is 10.7 Å². The Morgan fingerprint density at radius 2 is 1.94 bits per heavy atom. The minimum absolute atomic E-state index is 0.000560. The second-order valence-electron chi connectivity index (χ2n) is 4.24. The fourth-order valence-corrected chi connectivity index (χ4v) is 2.12. The number of anilines is 1. The van der Waals surface area contributed by atoms with Crippen LogP contribution in [0.4, 0.5) is 5.82 Å². The number of pyridine rings is 1. The van der Waals surface area contributed by atoms with Crippen LogP contribution in [-0.2, 0) is 10.0 Å². The van der Waals surface area contributed by atoms with Crippen molar-refractivity contribution < 1.29 is 8.42 Å². The number of primary sulfonamides is 1. The van der Waals surface area contributed by atoms with E-state index in [4.69, 9.17) is 10.9 Å². The maximum atomic E-state index is 11.1. The molecule has 7 heteroatoms. The second kappa shape index (κ2) is 5.64. The summed E-state index contributed by atoms with van der Waals surface area (Å²) in [4.78, 5) is 4.05. The lowest BCUT2D eigenvalue weighted by Gasteiger charge is -2.32. The molecule has 1 heterocycles. The minimum atomic E-state index is -3.69. The Hall–Kier alpha value is -1.18. The predicted molar refractivity (Wildman–Crippen MR) is 71.6 cm³/mol. The van der Waals surface area contributed by atoms with Crippen LogP contribution in [0.1, 0.15) is 26.7 Å². The summed E-state index contributed by atoms with van der Waals surface area (Å²) in [6.45, 7) is 4.57. The number of rotatable bonds is 6. The molecule has 18 heavy (non-hydrogen) atoms. The summed E-state index contributed by atoms with van der Waals surface area (Å²) in [5.74, 6) is 0.594. The van der Waals surface area contributed by atoms with Gasteiger partial charge in [0.25, 0.3) is 0 Å². The molecule has 0 aliphatic carbocycles. The van der Waals surface area contributed by atoms with E-state index in [0.717, 1.165) is 12.8 Å². The van der Waals surface area contributed by atoms with Crippen LogP contribution < -0.4 is 16.2 Å². The van der Waals surface area contributed by atoms with Gasteiger partial charge in [-0.05, 0) is 25.0 Å². The van der Waals surface area contributed by atoms with Crippen molar-refractivity contribution in [3.8, 4) is 0 Å². The number of hydrogen-bond donors (Lipinski definition) is 3. The van der Waals surface area contributed by atoms with Crippen LogP contribution in [0.3, 0.4) is 0 Å². The van der Waals surface area contributed by atoms with Crippen molar-refractivity contribution in [3.63, 3.8) is 0 Å². The average molecular weight is 272 g/mol. The zero-order valence-electron chi connectivity index (χ0n) is 10.7. The number of hydrogen-bond acceptors (Lipinski definition) is 5. The van der Waals surface area contributed by atoms with Crippen LogP contribution in [0.25, 0.3) is 0 Å². The van der Waals surface area contributed by atoms with Crippen LogP contribution in [0.15, 0.2) is 23.2 Å². The third-order valence-corrected chi connectivity index (χ3v) is 4.10. The van der Waals surface area contributed by atoms with Crippen LogP contribution in [0.5, 0.6) is 0 Å². The third-order valence-electron chi connectivity index (χ3n) is 3.20. The van der Waals surface area contributed by atoms with E-state index < -0.39 is 10.0 Å². The van der Waals surface area contributed by atoms with E-state index in [2.05, 4.69) is 10.3 Å². The molecule has 0 saturated heterocycles. The molecule has 0 aromatic carbocycles. The summed E-state index contributed by atoms with van der Waals surface area (Å²) in [7, 11) is -3.69. The van der Waals surface area contributed by atoms with Crippen molar-refractivity contribution >= 4 is 15.8 Å². The quantitative estimate of drug-likeness (QED) is 0.704. The number of nitrogens with one attached hydrogen (secondary N) is 1. The SMILES string of the molecule is CCC(CC)(CN)Nc1ccc(S(N)(=O)=O)cn1. The van der Waals surface area contributed by atoms with E-state index in [9.17, 15) is 8.42 Å². The predicted octanol–water partition coefficient (Wildman–Crippen LogP) is 0.658. The molecule has 1 aromatic heterocycles. The lowest BCUT2D eigenvalue weighted by Crippen LogP contribution is -2.44. The fraction of sp³-hybridized carbons (Fsp3) is 0.545. The Morgan fingerprint density at radius 1 is 1.33 bits per heavy atom. The molecule has 1 aromatic rings. The highest BCUT2D eigenvalue weighted by Gasteiger charge is 2.24. The maximum absolute atomic E-state index is 11.1. The van der Waals surface area contributed by atoms with Crippen LogP contribution in [0.2, 0.25) is 0 Å². The zero-order valence-corrected chi connectivity index (χ0v) is 11.5. The average Bonchev–Trinajstić information content (AvgIpc) is 2.36. The number of nitrogens with zero attached hydrogens (tertiary/aromatic N) is 1. The molecule has 0 spiro atoms. The van der Waals surface area contributed by atoms with E-state index in [-0.39, 0.29) is 10.4 Å². The summed E-state index contributed by atoms with van der Waals surface area (Å²) in [6.07, 6.45) is 2.96. The lowest BCUT2D eigenvalue weighted by molar-refractivity contribution is 0.444. The van der Waals surface area contributed by atoms with Crippen molar-refractivity contribution in [1.82, 2.24) is 4.98 Å². The Kier molecular flexibility index (Phi) is 4.66. The van der Waals surface area contributed by atoms with Crippen LogP contribution in [-0.4, -0.2) is 25.5 Å². The number of aromatic nitrogens is 1. The van der Waals surface area contributed by atoms with Crippen molar-refractivity contribution in [2.45, 2.75) is 37.1 Å². The molecular weight excluding hydrogens is 252 g/mol. The summed E-state index contributed by atoms with van der Waals surface area (Å²) in [5, 5.41) is 8.25. The van der Waals surface area contributed by atoms with Gasteiger partial charge >= 0.3 is 0 Å². The van der Waals surface area contributed by atoms with E-state index in [0.29, 0.717) is 12.4 Å². The van der Waals surface area contributed by atoms with Crippen molar-refractivity contribution in [1.29, 1.82) is 0 Å². The van der Waals surface area contributed by atoms with Gasteiger partial charge in [-0.2, -0.15) is 0 Å². The van der Waals surface area contributed by atoms with Gasteiger partial charge in [0.15, 0.2) is 0 Å². The van der Waals surface area contributed by atoms with Crippen molar-refractivity contribution in [2.75, 3.05) is 11.9 Å². The van der Waals surface area contributed by atoms with Gasteiger partial charge in [-0.1, -0.05) is 13.8 Å². The Morgan fingerprint density at radius 3 is 2.28 bits per heavy atom. The molecule has 0 radical (unpaired) electrons. The number of sulfonamides is 1. The molecule has 0 unspecified atom stereocenters. The number of nitrogens with two attached hydrogens (primary N) is 2. The molecule has 0 fully saturated rings. The first kappa shape index (κ1) is 14.9. The zero-order chi connectivity index (χ0) is 13.8.